The van der Waals surface area contributed by atoms with Crippen molar-refractivity contribution in [1.82, 2.24) is 18.9 Å². The molecular weight excluding hydrogens is 424 g/mol. The molecule has 5 rings (SSSR count). The molecule has 0 amide bonds. The van der Waals surface area contributed by atoms with Crippen molar-refractivity contribution in [3.8, 4) is 23.5 Å². The van der Waals surface area contributed by atoms with Gasteiger partial charge in [-0.15, -0.1) is 6.42 Å². The van der Waals surface area contributed by atoms with Crippen LogP contribution in [0.2, 0.25) is 0 Å². The maximum absolute atomic E-state index is 14.1. The van der Waals surface area contributed by atoms with Crippen molar-refractivity contribution in [2.45, 2.75) is 19.3 Å². The standard InChI is InChI=1S/C25H23F2N5O/c1-5-15-9-18(11-22-23(15)31(4)25(33)30(22)3)32-8-6-7-16-10-19(17-13-28-29(2)14-17)20(24(26)27)12-21(16)32/h1,9-14,24H,6-8H2,2-4H3. The average molecular weight is 447 g/mol. The summed E-state index contributed by atoms with van der Waals surface area (Å²) in [5.41, 5.74) is 5.49. The molecule has 0 aliphatic carbocycles. The highest BCUT2D eigenvalue weighted by Gasteiger charge is 2.26. The molecule has 1 aliphatic heterocycles. The molecule has 4 aromatic rings. The van der Waals surface area contributed by atoms with Crippen molar-refractivity contribution in [2.24, 2.45) is 21.1 Å². The van der Waals surface area contributed by atoms with E-state index in [9.17, 15) is 13.6 Å². The lowest BCUT2D eigenvalue weighted by atomic mass is 9.92. The maximum atomic E-state index is 14.1. The fourth-order valence-electron chi connectivity index (χ4n) is 4.81. The van der Waals surface area contributed by atoms with Crippen LogP contribution in [0.5, 0.6) is 0 Å². The second kappa shape index (κ2) is 7.62. The summed E-state index contributed by atoms with van der Waals surface area (Å²) < 4.78 is 33.0. The van der Waals surface area contributed by atoms with E-state index in [2.05, 4.69) is 11.0 Å². The minimum Gasteiger partial charge on any atom is -0.341 e. The predicted octanol–water partition coefficient (Wildman–Crippen LogP) is 4.28. The quantitative estimate of drug-likeness (QED) is 0.441. The Labute approximate surface area is 189 Å². The highest BCUT2D eigenvalue weighted by atomic mass is 19.3. The van der Waals surface area contributed by atoms with Crippen LogP contribution in [0.1, 0.15) is 29.5 Å². The van der Waals surface area contributed by atoms with Crippen LogP contribution in [-0.2, 0) is 27.6 Å². The number of rotatable bonds is 3. The smallest absolute Gasteiger partial charge is 0.328 e. The number of hydrogen-bond acceptors (Lipinski definition) is 3. The summed E-state index contributed by atoms with van der Waals surface area (Å²) in [6.45, 7) is 0.665. The van der Waals surface area contributed by atoms with E-state index in [4.69, 9.17) is 6.42 Å². The van der Waals surface area contributed by atoms with Crippen molar-refractivity contribution in [3.05, 3.63) is 63.8 Å². The van der Waals surface area contributed by atoms with Crippen LogP contribution in [0.15, 0.2) is 41.5 Å². The van der Waals surface area contributed by atoms with Crippen LogP contribution >= 0.6 is 0 Å². The molecule has 0 atom stereocenters. The van der Waals surface area contributed by atoms with Gasteiger partial charge >= 0.3 is 5.69 Å². The van der Waals surface area contributed by atoms with E-state index < -0.39 is 6.43 Å². The van der Waals surface area contributed by atoms with Gasteiger partial charge in [0.25, 0.3) is 6.43 Å². The molecule has 3 heterocycles. The Morgan fingerprint density at radius 3 is 2.58 bits per heavy atom. The number of aryl methyl sites for hydroxylation is 4. The van der Waals surface area contributed by atoms with E-state index in [1.54, 1.807) is 48.9 Å². The molecule has 0 saturated carbocycles. The Hall–Kier alpha value is -3.86. The Balaban J connectivity index is 1.71. The number of hydrogen-bond donors (Lipinski definition) is 0. The SMILES string of the molecule is C#Cc1cc(N2CCCc3cc(-c4cnn(C)c4)c(C(F)F)cc32)cc2c1n(C)c(=O)n2C. The van der Waals surface area contributed by atoms with Gasteiger partial charge in [0.15, 0.2) is 0 Å². The topological polar surface area (TPSA) is 48.0 Å². The minimum atomic E-state index is -2.63. The molecule has 0 fully saturated rings. The number of halogens is 2. The number of terminal acetylenes is 1. The number of aromatic nitrogens is 4. The third kappa shape index (κ3) is 3.23. The number of anilines is 2. The van der Waals surface area contributed by atoms with Gasteiger partial charge in [0.05, 0.1) is 22.8 Å². The molecule has 2 aromatic carbocycles. The summed E-state index contributed by atoms with van der Waals surface area (Å²) in [5.74, 6) is 2.69. The number of benzene rings is 2. The van der Waals surface area contributed by atoms with E-state index in [1.807, 2.05) is 23.1 Å². The van der Waals surface area contributed by atoms with Crippen molar-refractivity contribution >= 4 is 22.4 Å². The third-order valence-electron chi connectivity index (χ3n) is 6.43. The second-order valence-corrected chi connectivity index (χ2v) is 8.43. The zero-order chi connectivity index (χ0) is 23.4. The first-order valence-electron chi connectivity index (χ1n) is 10.7. The molecule has 0 N–H and O–H groups in total. The normalized spacial score (nSPS) is 13.5. The molecule has 0 spiro atoms. The predicted molar refractivity (Wildman–Crippen MR) is 125 cm³/mol. The first kappa shape index (κ1) is 21.0. The van der Waals surface area contributed by atoms with E-state index in [-0.39, 0.29) is 11.3 Å². The van der Waals surface area contributed by atoms with Crippen molar-refractivity contribution in [1.29, 1.82) is 0 Å². The van der Waals surface area contributed by atoms with Crippen LogP contribution in [0, 0.1) is 12.3 Å². The molecule has 8 heteroatoms. The third-order valence-corrected chi connectivity index (χ3v) is 6.43. The first-order valence-corrected chi connectivity index (χ1v) is 10.7. The van der Waals surface area contributed by atoms with Crippen LogP contribution in [0.4, 0.5) is 20.2 Å². The number of alkyl halides is 2. The van der Waals surface area contributed by atoms with Crippen LogP contribution in [-0.4, -0.2) is 25.5 Å². The number of nitrogens with zero attached hydrogens (tertiary/aromatic N) is 5. The number of imidazole rings is 1. The average Bonchev–Trinajstić information content (AvgIpc) is 3.34. The van der Waals surface area contributed by atoms with Gasteiger partial charge in [-0.1, -0.05) is 5.92 Å². The second-order valence-electron chi connectivity index (χ2n) is 8.43. The van der Waals surface area contributed by atoms with E-state index >= 15 is 0 Å². The highest BCUT2D eigenvalue weighted by Crippen LogP contribution is 2.42. The molecule has 6 nitrogen and oxygen atoms in total. The summed E-state index contributed by atoms with van der Waals surface area (Å²) in [7, 11) is 5.16. The Morgan fingerprint density at radius 2 is 1.91 bits per heavy atom. The minimum absolute atomic E-state index is 0.0287. The van der Waals surface area contributed by atoms with Crippen molar-refractivity contribution in [2.75, 3.05) is 11.4 Å². The van der Waals surface area contributed by atoms with Gasteiger partial charge in [-0.3, -0.25) is 13.8 Å². The molecule has 0 unspecified atom stereocenters. The summed E-state index contributed by atoms with van der Waals surface area (Å²) >= 11 is 0. The molecule has 0 radical (unpaired) electrons. The highest BCUT2D eigenvalue weighted by molar-refractivity contribution is 5.88. The van der Waals surface area contributed by atoms with Gasteiger partial charge in [-0.2, -0.15) is 5.10 Å². The summed E-state index contributed by atoms with van der Waals surface area (Å²) in [6, 6.07) is 7.21. The van der Waals surface area contributed by atoms with E-state index in [0.29, 0.717) is 34.3 Å². The Bertz CT molecular complexity index is 1500. The zero-order valence-electron chi connectivity index (χ0n) is 18.6. The van der Waals surface area contributed by atoms with E-state index in [1.165, 1.54) is 4.57 Å². The molecule has 33 heavy (non-hydrogen) atoms. The monoisotopic (exact) mass is 447 g/mol. The molecule has 1 aliphatic rings. The van der Waals surface area contributed by atoms with Crippen LogP contribution < -0.4 is 10.6 Å². The molecule has 2 aromatic heterocycles. The molecular formula is C25H23F2N5O. The number of fused-ring (bicyclic) bond motifs is 2. The largest absolute Gasteiger partial charge is 0.341 e. The Kier molecular flexibility index (Phi) is 4.85. The molecule has 0 bridgehead atoms. The lowest BCUT2D eigenvalue weighted by Gasteiger charge is -2.33. The lowest BCUT2D eigenvalue weighted by Crippen LogP contribution is -2.25. The van der Waals surface area contributed by atoms with Crippen molar-refractivity contribution in [3.63, 3.8) is 0 Å². The van der Waals surface area contributed by atoms with Gasteiger partial charge in [0.2, 0.25) is 0 Å². The fraction of sp³-hybridized carbons (Fsp3) is 0.280. The van der Waals surface area contributed by atoms with Gasteiger partial charge in [-0.05, 0) is 48.2 Å². The summed E-state index contributed by atoms with van der Waals surface area (Å²) in [6.07, 6.45) is 8.17. The van der Waals surface area contributed by atoms with Crippen molar-refractivity contribution < 1.29 is 8.78 Å². The maximum Gasteiger partial charge on any atom is 0.328 e. The van der Waals surface area contributed by atoms with Gasteiger partial charge < -0.3 is 4.90 Å². The van der Waals surface area contributed by atoms with E-state index in [0.717, 1.165) is 29.8 Å². The zero-order valence-corrected chi connectivity index (χ0v) is 18.6. The summed E-state index contributed by atoms with van der Waals surface area (Å²) in [4.78, 5) is 14.5. The molecule has 0 saturated heterocycles. The van der Waals surface area contributed by atoms with Crippen LogP contribution in [0.25, 0.3) is 22.2 Å². The summed E-state index contributed by atoms with van der Waals surface area (Å²) in [5, 5.41) is 4.15. The Morgan fingerprint density at radius 1 is 1.12 bits per heavy atom. The molecule has 168 valence electrons. The van der Waals surface area contributed by atoms with Gasteiger partial charge in [-0.25, -0.2) is 13.6 Å². The van der Waals surface area contributed by atoms with Gasteiger partial charge in [0.1, 0.15) is 0 Å². The van der Waals surface area contributed by atoms with Gasteiger partial charge in [0, 0.05) is 56.4 Å². The first-order chi connectivity index (χ1) is 15.8. The lowest BCUT2D eigenvalue weighted by molar-refractivity contribution is 0.152. The fourth-order valence-corrected chi connectivity index (χ4v) is 4.81. The van der Waals surface area contributed by atoms with Crippen LogP contribution in [0.3, 0.4) is 0 Å².